The van der Waals surface area contributed by atoms with Crippen LogP contribution in [0, 0.1) is 13.8 Å². The van der Waals surface area contributed by atoms with E-state index in [1.54, 1.807) is 24.1 Å². The van der Waals surface area contributed by atoms with Gasteiger partial charge < -0.3 is 10.1 Å². The van der Waals surface area contributed by atoms with Gasteiger partial charge in [-0.25, -0.2) is 0 Å². The summed E-state index contributed by atoms with van der Waals surface area (Å²) in [6, 6.07) is 11.5. The third kappa shape index (κ3) is 5.77. The Morgan fingerprint density at radius 2 is 1.81 bits per heavy atom. The number of likely N-dealkylation sites (N-methyl/N-ethyl adjacent to an activating group) is 1. The van der Waals surface area contributed by atoms with Crippen molar-refractivity contribution in [3.63, 3.8) is 0 Å². The van der Waals surface area contributed by atoms with Gasteiger partial charge in [0.15, 0.2) is 0 Å². The fraction of sp³-hybridized carbons (Fsp3) is 0.316. The topological polar surface area (TPSA) is 41.6 Å². The summed E-state index contributed by atoms with van der Waals surface area (Å²) in [6.45, 7) is 4.05. The third-order valence-corrected chi connectivity index (χ3v) is 3.93. The van der Waals surface area contributed by atoms with Crippen LogP contribution in [0.5, 0.6) is 5.75 Å². The van der Waals surface area contributed by atoms with Crippen LogP contribution in [0.1, 0.15) is 16.7 Å². The molecule has 0 unspecified atom stereocenters. The van der Waals surface area contributed by atoms with Crippen molar-refractivity contribution < 1.29 is 22.7 Å². The molecule has 26 heavy (non-hydrogen) atoms. The summed E-state index contributed by atoms with van der Waals surface area (Å²) in [6.07, 6.45) is -4.76. The van der Waals surface area contributed by atoms with E-state index in [2.05, 4.69) is 10.1 Å². The van der Waals surface area contributed by atoms with Gasteiger partial charge >= 0.3 is 6.36 Å². The number of alkyl halides is 3. The fourth-order valence-electron chi connectivity index (χ4n) is 2.53. The summed E-state index contributed by atoms with van der Waals surface area (Å²) in [4.78, 5) is 13.9. The van der Waals surface area contributed by atoms with E-state index in [1.165, 1.54) is 12.1 Å². The number of halogens is 3. The molecule has 0 saturated heterocycles. The Morgan fingerprint density at radius 1 is 1.12 bits per heavy atom. The summed E-state index contributed by atoms with van der Waals surface area (Å²) in [5, 5.41) is 2.83. The number of nitrogens with one attached hydrogen (secondary N) is 1. The fourth-order valence-corrected chi connectivity index (χ4v) is 2.53. The maximum Gasteiger partial charge on any atom is 0.573 e. The van der Waals surface area contributed by atoms with Crippen LogP contribution in [0.3, 0.4) is 0 Å². The summed E-state index contributed by atoms with van der Waals surface area (Å²) in [5.41, 5.74) is 3.12. The Balaban J connectivity index is 1.99. The van der Waals surface area contributed by atoms with Crippen molar-refractivity contribution in [3.8, 4) is 5.75 Å². The second-order valence-corrected chi connectivity index (χ2v) is 6.12. The highest BCUT2D eigenvalue weighted by Crippen LogP contribution is 2.27. The molecule has 2 rings (SSSR count). The van der Waals surface area contributed by atoms with Crippen molar-refractivity contribution in [3.05, 3.63) is 59.2 Å². The van der Waals surface area contributed by atoms with Gasteiger partial charge in [-0.3, -0.25) is 9.69 Å². The number of nitrogens with zero attached hydrogens (tertiary/aromatic N) is 1. The average molecular weight is 366 g/mol. The normalized spacial score (nSPS) is 11.5. The molecular weight excluding hydrogens is 345 g/mol. The highest BCUT2D eigenvalue weighted by molar-refractivity contribution is 5.93. The van der Waals surface area contributed by atoms with Crippen molar-refractivity contribution in [1.82, 2.24) is 4.90 Å². The molecule has 0 radical (unpaired) electrons. The number of ether oxygens (including phenoxy) is 1. The molecule has 2 aromatic carbocycles. The van der Waals surface area contributed by atoms with Gasteiger partial charge in [0.2, 0.25) is 5.91 Å². The molecule has 0 aliphatic rings. The lowest BCUT2D eigenvalue weighted by Gasteiger charge is -2.19. The third-order valence-electron chi connectivity index (χ3n) is 3.93. The summed E-state index contributed by atoms with van der Waals surface area (Å²) < 4.78 is 41.5. The Bertz CT molecular complexity index is 776. The number of rotatable bonds is 6. The molecular formula is C19H21F3N2O2. The van der Waals surface area contributed by atoms with E-state index < -0.39 is 6.36 Å². The van der Waals surface area contributed by atoms with Crippen molar-refractivity contribution in [1.29, 1.82) is 0 Å². The minimum atomic E-state index is -4.76. The average Bonchev–Trinajstić information content (AvgIpc) is 2.52. The summed E-state index contributed by atoms with van der Waals surface area (Å²) in [7, 11) is 1.66. The molecule has 0 fully saturated rings. The van der Waals surface area contributed by atoms with E-state index in [0.717, 1.165) is 16.8 Å². The minimum Gasteiger partial charge on any atom is -0.405 e. The predicted molar refractivity (Wildman–Crippen MR) is 94.0 cm³/mol. The number of aryl methyl sites for hydroxylation is 1. The van der Waals surface area contributed by atoms with Crippen LogP contribution in [-0.4, -0.2) is 30.8 Å². The Labute approximate surface area is 150 Å². The lowest BCUT2D eigenvalue weighted by atomic mass is 10.1. The maximum atomic E-state index is 12.5. The molecule has 140 valence electrons. The van der Waals surface area contributed by atoms with Gasteiger partial charge in [0.05, 0.1) is 6.54 Å². The Hall–Kier alpha value is -2.54. The molecule has 4 nitrogen and oxygen atoms in total. The first kappa shape index (κ1) is 19.8. The largest absolute Gasteiger partial charge is 0.573 e. The van der Waals surface area contributed by atoms with E-state index in [-0.39, 0.29) is 24.7 Å². The molecule has 2 aromatic rings. The predicted octanol–water partition coefficient (Wildman–Crippen LogP) is 4.27. The van der Waals surface area contributed by atoms with Gasteiger partial charge in [-0.15, -0.1) is 13.2 Å². The molecule has 0 saturated carbocycles. The van der Waals surface area contributed by atoms with Crippen LogP contribution in [0.15, 0.2) is 42.5 Å². The first-order valence-corrected chi connectivity index (χ1v) is 8.04. The molecule has 0 atom stereocenters. The Morgan fingerprint density at radius 3 is 2.50 bits per heavy atom. The zero-order chi connectivity index (χ0) is 19.3. The van der Waals surface area contributed by atoms with E-state index in [9.17, 15) is 18.0 Å². The number of anilines is 1. The molecule has 0 heterocycles. The van der Waals surface area contributed by atoms with Gasteiger partial charge in [-0.2, -0.15) is 0 Å². The first-order chi connectivity index (χ1) is 12.2. The smallest absolute Gasteiger partial charge is 0.405 e. The molecule has 1 amide bonds. The maximum absolute atomic E-state index is 12.5. The number of hydrogen-bond acceptors (Lipinski definition) is 3. The highest BCUT2D eigenvalue weighted by Gasteiger charge is 2.32. The molecule has 0 spiro atoms. The molecule has 0 aromatic heterocycles. The molecule has 0 bridgehead atoms. The number of amides is 1. The number of para-hydroxylation sites is 1. The van der Waals surface area contributed by atoms with Crippen LogP contribution < -0.4 is 10.1 Å². The minimum absolute atomic E-state index is 0.0355. The summed E-state index contributed by atoms with van der Waals surface area (Å²) >= 11 is 0. The van der Waals surface area contributed by atoms with Crippen molar-refractivity contribution >= 4 is 11.6 Å². The lowest BCUT2D eigenvalue weighted by molar-refractivity contribution is -0.275. The molecule has 7 heteroatoms. The van der Waals surface area contributed by atoms with Crippen LogP contribution in [0.25, 0.3) is 0 Å². The van der Waals surface area contributed by atoms with Crippen molar-refractivity contribution in [2.24, 2.45) is 0 Å². The van der Waals surface area contributed by atoms with Gasteiger partial charge in [0, 0.05) is 17.8 Å². The number of carbonyl (C=O) groups excluding carboxylic acids is 1. The quantitative estimate of drug-likeness (QED) is 0.830. The van der Waals surface area contributed by atoms with Crippen molar-refractivity contribution in [2.45, 2.75) is 26.8 Å². The highest BCUT2D eigenvalue weighted by atomic mass is 19.4. The zero-order valence-electron chi connectivity index (χ0n) is 14.9. The van der Waals surface area contributed by atoms with Crippen LogP contribution >= 0.6 is 0 Å². The number of hydrogen-bond donors (Lipinski definition) is 1. The van der Waals surface area contributed by atoms with Crippen LogP contribution in [0.4, 0.5) is 18.9 Å². The first-order valence-electron chi connectivity index (χ1n) is 8.04. The number of carbonyl (C=O) groups is 1. The van der Waals surface area contributed by atoms with E-state index in [1.807, 2.05) is 32.0 Å². The van der Waals surface area contributed by atoms with E-state index in [4.69, 9.17) is 0 Å². The van der Waals surface area contributed by atoms with Gasteiger partial charge in [0.1, 0.15) is 5.75 Å². The monoisotopic (exact) mass is 366 g/mol. The SMILES string of the molecule is Cc1cccc(NC(=O)CN(C)Cc2ccccc2OC(F)(F)F)c1C. The Kier molecular flexibility index (Phi) is 6.26. The van der Waals surface area contributed by atoms with Gasteiger partial charge in [-0.1, -0.05) is 30.3 Å². The van der Waals surface area contributed by atoms with Gasteiger partial charge in [0.25, 0.3) is 0 Å². The van der Waals surface area contributed by atoms with Gasteiger partial charge in [-0.05, 0) is 44.2 Å². The van der Waals surface area contributed by atoms with E-state index in [0.29, 0.717) is 5.56 Å². The second-order valence-electron chi connectivity index (χ2n) is 6.12. The molecule has 0 aliphatic carbocycles. The van der Waals surface area contributed by atoms with Crippen molar-refractivity contribution in [2.75, 3.05) is 18.9 Å². The molecule has 1 N–H and O–H groups in total. The zero-order valence-corrected chi connectivity index (χ0v) is 14.9. The van der Waals surface area contributed by atoms with E-state index >= 15 is 0 Å². The lowest BCUT2D eigenvalue weighted by Crippen LogP contribution is -2.30. The second kappa shape index (κ2) is 8.23. The standard InChI is InChI=1S/C19H21F3N2O2/c1-13-7-6-9-16(14(13)2)23-18(25)12-24(3)11-15-8-4-5-10-17(15)26-19(20,21)22/h4-10H,11-12H2,1-3H3,(H,23,25). The molecule has 0 aliphatic heterocycles. The van der Waals surface area contributed by atoms with Crippen LogP contribution in [0.2, 0.25) is 0 Å². The van der Waals surface area contributed by atoms with Crippen LogP contribution in [-0.2, 0) is 11.3 Å². The number of benzene rings is 2. The summed E-state index contributed by atoms with van der Waals surface area (Å²) in [5.74, 6) is -0.503.